The van der Waals surface area contributed by atoms with Crippen molar-refractivity contribution in [1.82, 2.24) is 14.4 Å². The van der Waals surface area contributed by atoms with E-state index in [0.717, 1.165) is 10.9 Å². The monoisotopic (exact) mass is 513 g/mol. The third-order valence-corrected chi connectivity index (χ3v) is 6.11. The number of nitrogens with zero attached hydrogens (tertiary/aromatic N) is 3. The summed E-state index contributed by atoms with van der Waals surface area (Å²) in [5, 5.41) is 10.1. The van der Waals surface area contributed by atoms with Crippen molar-refractivity contribution in [1.29, 1.82) is 0 Å². The molecule has 3 aromatic rings. The van der Waals surface area contributed by atoms with Crippen LogP contribution in [0.1, 0.15) is 21.5 Å². The molecule has 1 aromatic heterocycles. The molecular weight excluding hydrogens is 492 g/mol. The predicted octanol–water partition coefficient (Wildman–Crippen LogP) is 4.59. The second-order valence-electron chi connectivity index (χ2n) is 8.60. The van der Waals surface area contributed by atoms with Crippen molar-refractivity contribution in [2.75, 3.05) is 26.2 Å². The summed E-state index contributed by atoms with van der Waals surface area (Å²) in [5.41, 5.74) is -3.05. The summed E-state index contributed by atoms with van der Waals surface area (Å²) in [6.07, 6.45) is -8.41. The summed E-state index contributed by atoms with van der Waals surface area (Å²) >= 11 is 0. The van der Waals surface area contributed by atoms with Crippen LogP contribution >= 0.6 is 0 Å². The summed E-state index contributed by atoms with van der Waals surface area (Å²) in [6.45, 7) is -0.0253. The van der Waals surface area contributed by atoms with Gasteiger partial charge >= 0.3 is 18.3 Å². The largest absolute Gasteiger partial charge is 0.480 e. The smallest absolute Gasteiger partial charge is 0.416 e. The molecule has 2 aromatic carbocycles. The Morgan fingerprint density at radius 1 is 0.917 bits per heavy atom. The van der Waals surface area contributed by atoms with Crippen molar-refractivity contribution < 1.29 is 41.0 Å². The van der Waals surface area contributed by atoms with Gasteiger partial charge in [0.25, 0.3) is 5.91 Å². The molecule has 1 aliphatic heterocycles. The second kappa shape index (κ2) is 9.49. The van der Waals surface area contributed by atoms with E-state index in [0.29, 0.717) is 12.1 Å². The Balaban J connectivity index is 1.70. The van der Waals surface area contributed by atoms with Gasteiger partial charge in [-0.25, -0.2) is 0 Å². The zero-order chi connectivity index (χ0) is 26.3. The standard InChI is InChI=1S/C24H21F6N3O3/c25-23(26,27)17-9-16(10-18(11-17)24(28,29)30)22(36)33-8-7-31(14-21(34)35)12-19(33)13-32-6-5-15-3-1-2-4-20(15)32/h1-6,9-11,19H,7-8,12-14H2,(H,34,35)/t19-/m1/s1. The van der Waals surface area contributed by atoms with Crippen LogP contribution in [-0.4, -0.2) is 63.6 Å². The third kappa shape index (κ3) is 5.48. The lowest BCUT2D eigenvalue weighted by molar-refractivity contribution is -0.143. The highest BCUT2D eigenvalue weighted by molar-refractivity contribution is 5.95. The molecule has 0 saturated carbocycles. The van der Waals surface area contributed by atoms with Crippen molar-refractivity contribution in [3.8, 4) is 0 Å². The number of carboxylic acids is 1. The van der Waals surface area contributed by atoms with Crippen LogP contribution < -0.4 is 0 Å². The van der Waals surface area contributed by atoms with E-state index in [1.165, 1.54) is 4.90 Å². The number of hydrogen-bond acceptors (Lipinski definition) is 3. The summed E-state index contributed by atoms with van der Waals surface area (Å²) in [4.78, 5) is 27.4. The number of rotatable bonds is 5. The lowest BCUT2D eigenvalue weighted by Gasteiger charge is -2.41. The number of alkyl halides is 6. The number of hydrogen-bond donors (Lipinski definition) is 1. The first-order chi connectivity index (χ1) is 16.8. The van der Waals surface area contributed by atoms with Gasteiger partial charge in [0.1, 0.15) is 0 Å². The fourth-order valence-electron chi connectivity index (χ4n) is 4.45. The van der Waals surface area contributed by atoms with Crippen LogP contribution in [0.3, 0.4) is 0 Å². The molecule has 0 bridgehead atoms. The number of amides is 1. The van der Waals surface area contributed by atoms with Crippen molar-refractivity contribution >= 4 is 22.8 Å². The van der Waals surface area contributed by atoms with Crippen molar-refractivity contribution in [3.05, 3.63) is 71.4 Å². The van der Waals surface area contributed by atoms with Crippen molar-refractivity contribution in [3.63, 3.8) is 0 Å². The van der Waals surface area contributed by atoms with Gasteiger partial charge in [0.2, 0.25) is 0 Å². The Labute approximate surface area is 201 Å². The SMILES string of the molecule is O=C(O)CN1CCN(C(=O)c2cc(C(F)(F)F)cc(C(F)(F)F)c2)[C@@H](Cn2ccc3ccccc32)C1. The summed E-state index contributed by atoms with van der Waals surface area (Å²) < 4.78 is 81.8. The van der Waals surface area contributed by atoms with Gasteiger partial charge in [-0.3, -0.25) is 14.5 Å². The van der Waals surface area contributed by atoms with Gasteiger partial charge in [0.15, 0.2) is 0 Å². The Morgan fingerprint density at radius 3 is 2.17 bits per heavy atom. The highest BCUT2D eigenvalue weighted by Gasteiger charge is 2.39. The first kappa shape index (κ1) is 25.5. The number of carbonyl (C=O) groups excluding carboxylic acids is 1. The molecule has 4 rings (SSSR count). The quantitative estimate of drug-likeness (QED) is 0.507. The van der Waals surface area contributed by atoms with Crippen LogP contribution in [-0.2, 0) is 23.7 Å². The first-order valence-corrected chi connectivity index (χ1v) is 10.9. The number of piperazine rings is 1. The van der Waals surface area contributed by atoms with Crippen LogP contribution in [0.5, 0.6) is 0 Å². The molecule has 0 radical (unpaired) electrons. The Morgan fingerprint density at radius 2 is 1.56 bits per heavy atom. The Hall–Kier alpha value is -3.54. The summed E-state index contributed by atoms with van der Waals surface area (Å²) in [6, 6.07) is 9.30. The van der Waals surface area contributed by atoms with E-state index in [1.807, 2.05) is 28.8 Å². The topological polar surface area (TPSA) is 65.8 Å². The van der Waals surface area contributed by atoms with Crippen molar-refractivity contribution in [2.45, 2.75) is 24.9 Å². The van der Waals surface area contributed by atoms with Crippen LogP contribution in [0, 0.1) is 0 Å². The first-order valence-electron chi connectivity index (χ1n) is 10.9. The van der Waals surface area contributed by atoms with Crippen LogP contribution in [0.2, 0.25) is 0 Å². The predicted molar refractivity (Wildman–Crippen MR) is 117 cm³/mol. The zero-order valence-corrected chi connectivity index (χ0v) is 18.7. The molecule has 1 fully saturated rings. The molecule has 1 saturated heterocycles. The molecule has 0 spiro atoms. The molecule has 0 unspecified atom stereocenters. The molecule has 1 atom stereocenters. The normalized spacial score (nSPS) is 17.5. The number of aromatic nitrogens is 1. The molecule has 1 N–H and O–H groups in total. The van der Waals surface area contributed by atoms with Gasteiger partial charge in [-0.15, -0.1) is 0 Å². The molecule has 1 amide bonds. The molecule has 6 nitrogen and oxygen atoms in total. The van der Waals surface area contributed by atoms with E-state index in [2.05, 4.69) is 0 Å². The third-order valence-electron chi connectivity index (χ3n) is 6.11. The van der Waals surface area contributed by atoms with E-state index in [9.17, 15) is 41.0 Å². The van der Waals surface area contributed by atoms with Gasteiger partial charge in [-0.2, -0.15) is 26.3 Å². The van der Waals surface area contributed by atoms with Crippen LogP contribution in [0.25, 0.3) is 10.9 Å². The Kier molecular flexibility index (Phi) is 6.74. The van der Waals surface area contributed by atoms with Gasteiger partial charge in [-0.1, -0.05) is 18.2 Å². The van der Waals surface area contributed by atoms with Gasteiger partial charge < -0.3 is 14.6 Å². The number of benzene rings is 2. The lowest BCUT2D eigenvalue weighted by atomic mass is 10.0. The van der Waals surface area contributed by atoms with Gasteiger partial charge in [-0.05, 0) is 35.7 Å². The molecule has 1 aliphatic rings. The Bertz CT molecular complexity index is 1250. The maximum Gasteiger partial charge on any atom is 0.416 e. The highest BCUT2D eigenvalue weighted by atomic mass is 19.4. The fourth-order valence-corrected chi connectivity index (χ4v) is 4.45. The second-order valence-corrected chi connectivity index (χ2v) is 8.60. The van der Waals surface area contributed by atoms with Crippen LogP contribution in [0.15, 0.2) is 54.7 Å². The average Bonchev–Trinajstić information content (AvgIpc) is 3.20. The van der Waals surface area contributed by atoms with Gasteiger partial charge in [0, 0.05) is 43.5 Å². The van der Waals surface area contributed by atoms with Gasteiger partial charge in [0.05, 0.1) is 23.7 Å². The van der Waals surface area contributed by atoms with E-state index in [-0.39, 0.29) is 38.8 Å². The van der Waals surface area contributed by atoms with E-state index >= 15 is 0 Å². The van der Waals surface area contributed by atoms with E-state index < -0.39 is 47.0 Å². The zero-order valence-electron chi connectivity index (χ0n) is 18.7. The lowest BCUT2D eigenvalue weighted by Crippen LogP contribution is -2.57. The maximum absolute atomic E-state index is 13.3. The minimum absolute atomic E-state index is 0.0228. The number of aliphatic carboxylic acids is 1. The number of halogens is 6. The summed E-state index contributed by atoms with van der Waals surface area (Å²) in [5.74, 6) is -2.07. The summed E-state index contributed by atoms with van der Waals surface area (Å²) in [7, 11) is 0. The molecule has 192 valence electrons. The molecule has 12 heteroatoms. The van der Waals surface area contributed by atoms with Crippen molar-refractivity contribution in [2.24, 2.45) is 0 Å². The van der Waals surface area contributed by atoms with Crippen LogP contribution in [0.4, 0.5) is 26.3 Å². The molecule has 36 heavy (non-hydrogen) atoms. The fraction of sp³-hybridized carbons (Fsp3) is 0.333. The number of carbonyl (C=O) groups is 2. The van der Waals surface area contributed by atoms with E-state index in [4.69, 9.17) is 0 Å². The molecule has 2 heterocycles. The average molecular weight is 513 g/mol. The highest BCUT2D eigenvalue weighted by Crippen LogP contribution is 2.37. The molecular formula is C24H21F6N3O3. The minimum atomic E-state index is -5.08. The number of carboxylic acid groups (broad SMARTS) is 1. The molecule has 0 aliphatic carbocycles. The minimum Gasteiger partial charge on any atom is -0.480 e. The van der Waals surface area contributed by atoms with E-state index in [1.54, 1.807) is 17.2 Å². The number of fused-ring (bicyclic) bond motifs is 1. The maximum atomic E-state index is 13.3. The number of para-hydroxylation sites is 1.